The Kier molecular flexibility index (Phi) is 7.87. The second kappa shape index (κ2) is 10.4. The van der Waals surface area contributed by atoms with Gasteiger partial charge in [0, 0.05) is 37.3 Å². The Balaban J connectivity index is 1.93. The molecule has 0 aliphatic carbocycles. The van der Waals surface area contributed by atoms with Crippen LogP contribution in [0.25, 0.3) is 0 Å². The summed E-state index contributed by atoms with van der Waals surface area (Å²) in [4.78, 5) is 16.1. The zero-order valence-corrected chi connectivity index (χ0v) is 14.9. The molecule has 0 spiro atoms. The van der Waals surface area contributed by atoms with Crippen molar-refractivity contribution in [3.63, 3.8) is 0 Å². The van der Waals surface area contributed by atoms with Gasteiger partial charge in [-0.1, -0.05) is 18.2 Å². The number of hydrogen-bond acceptors (Lipinski definition) is 5. The van der Waals surface area contributed by atoms with Gasteiger partial charge in [0.1, 0.15) is 0 Å². The highest BCUT2D eigenvalue weighted by Crippen LogP contribution is 2.12. The van der Waals surface area contributed by atoms with Gasteiger partial charge in [-0.3, -0.25) is 10.1 Å². The average molecular weight is 362 g/mol. The van der Waals surface area contributed by atoms with Gasteiger partial charge in [-0.25, -0.2) is 4.99 Å². The van der Waals surface area contributed by atoms with E-state index in [1.807, 2.05) is 11.4 Å². The van der Waals surface area contributed by atoms with Gasteiger partial charge in [-0.15, -0.1) is 11.3 Å². The van der Waals surface area contributed by atoms with Crippen molar-refractivity contribution in [2.75, 3.05) is 20.3 Å². The van der Waals surface area contributed by atoms with Gasteiger partial charge in [0.05, 0.1) is 18.0 Å². The number of benzene rings is 1. The number of methoxy groups -OCH3 is 1. The Morgan fingerprint density at radius 2 is 2.08 bits per heavy atom. The molecule has 134 valence electrons. The molecule has 7 nitrogen and oxygen atoms in total. The van der Waals surface area contributed by atoms with Crippen LogP contribution >= 0.6 is 11.3 Å². The van der Waals surface area contributed by atoms with Crippen molar-refractivity contribution in [1.82, 2.24) is 10.6 Å². The Bertz CT molecular complexity index is 672. The smallest absolute Gasteiger partial charge is 0.269 e. The van der Waals surface area contributed by atoms with Crippen molar-refractivity contribution in [2.24, 2.45) is 4.99 Å². The van der Waals surface area contributed by atoms with Crippen LogP contribution in [-0.2, 0) is 17.8 Å². The van der Waals surface area contributed by atoms with Crippen LogP contribution in [0.5, 0.6) is 0 Å². The Labute approximate surface area is 150 Å². The fourth-order valence-corrected chi connectivity index (χ4v) is 2.72. The first-order valence-corrected chi connectivity index (χ1v) is 8.84. The highest BCUT2D eigenvalue weighted by molar-refractivity contribution is 7.09. The fraction of sp³-hybridized carbons (Fsp3) is 0.353. The fourth-order valence-electron chi connectivity index (χ4n) is 2.08. The number of non-ortho nitro benzene ring substituents is 1. The predicted molar refractivity (Wildman–Crippen MR) is 99.9 cm³/mol. The molecule has 2 N–H and O–H groups in total. The van der Waals surface area contributed by atoms with Crippen LogP contribution in [0.4, 0.5) is 5.69 Å². The molecule has 0 amide bonds. The van der Waals surface area contributed by atoms with Crippen molar-refractivity contribution in [3.8, 4) is 0 Å². The number of guanidine groups is 1. The molecule has 0 aliphatic rings. The van der Waals surface area contributed by atoms with Crippen LogP contribution in [0.2, 0.25) is 0 Å². The lowest BCUT2D eigenvalue weighted by molar-refractivity contribution is -0.384. The minimum atomic E-state index is -0.404. The van der Waals surface area contributed by atoms with Crippen molar-refractivity contribution >= 4 is 23.0 Å². The van der Waals surface area contributed by atoms with Crippen molar-refractivity contribution < 1.29 is 9.66 Å². The van der Waals surface area contributed by atoms with Crippen LogP contribution in [0, 0.1) is 10.1 Å². The first-order valence-electron chi connectivity index (χ1n) is 7.96. The standard InChI is InChI=1S/C17H22N4O3S/c1-24-10-3-9-18-17(20-13-16-4-2-11-25-16)19-12-14-5-7-15(8-6-14)21(22)23/h2,4-8,11H,3,9-10,12-13H2,1H3,(H2,18,19,20). The number of rotatable bonds is 9. The number of nitro groups is 1. The van der Waals surface area contributed by atoms with E-state index < -0.39 is 4.92 Å². The molecule has 0 radical (unpaired) electrons. The third kappa shape index (κ3) is 6.90. The summed E-state index contributed by atoms with van der Waals surface area (Å²) in [5.74, 6) is 0.711. The zero-order chi connectivity index (χ0) is 17.9. The number of hydrogen-bond donors (Lipinski definition) is 2. The lowest BCUT2D eigenvalue weighted by atomic mass is 10.2. The summed E-state index contributed by atoms with van der Waals surface area (Å²) in [6.45, 7) is 2.59. The van der Waals surface area contributed by atoms with Crippen molar-refractivity contribution in [1.29, 1.82) is 0 Å². The van der Waals surface area contributed by atoms with Gasteiger partial charge in [-0.05, 0) is 23.4 Å². The molecule has 2 aromatic rings. The summed E-state index contributed by atoms with van der Waals surface area (Å²) in [5, 5.41) is 19.3. The van der Waals surface area contributed by atoms with E-state index in [4.69, 9.17) is 4.74 Å². The van der Waals surface area contributed by atoms with Crippen LogP contribution < -0.4 is 10.6 Å². The molecule has 0 unspecified atom stereocenters. The molecular weight excluding hydrogens is 340 g/mol. The highest BCUT2D eigenvalue weighted by Gasteiger charge is 2.04. The number of thiophene rings is 1. The normalized spacial score (nSPS) is 11.3. The van der Waals surface area contributed by atoms with Gasteiger partial charge in [0.15, 0.2) is 5.96 Å². The molecule has 8 heteroatoms. The Morgan fingerprint density at radius 3 is 2.72 bits per heavy atom. The lowest BCUT2D eigenvalue weighted by Crippen LogP contribution is -2.37. The largest absolute Gasteiger partial charge is 0.385 e. The van der Waals surface area contributed by atoms with E-state index in [9.17, 15) is 10.1 Å². The number of nitrogens with one attached hydrogen (secondary N) is 2. The Hall–Kier alpha value is -2.45. The third-order valence-corrected chi connectivity index (χ3v) is 4.27. The second-order valence-electron chi connectivity index (χ2n) is 5.29. The van der Waals surface area contributed by atoms with Crippen LogP contribution in [0.1, 0.15) is 16.9 Å². The van der Waals surface area contributed by atoms with Gasteiger partial charge < -0.3 is 15.4 Å². The van der Waals surface area contributed by atoms with Gasteiger partial charge in [0.2, 0.25) is 0 Å². The molecule has 0 saturated carbocycles. The lowest BCUT2D eigenvalue weighted by Gasteiger charge is -2.12. The van der Waals surface area contributed by atoms with Crippen LogP contribution in [0.3, 0.4) is 0 Å². The Morgan fingerprint density at radius 1 is 1.28 bits per heavy atom. The molecule has 1 heterocycles. The summed E-state index contributed by atoms with van der Waals surface area (Å²) >= 11 is 1.69. The molecule has 25 heavy (non-hydrogen) atoms. The maximum Gasteiger partial charge on any atom is 0.269 e. The molecule has 0 bridgehead atoms. The first kappa shape index (κ1) is 18.9. The summed E-state index contributed by atoms with van der Waals surface area (Å²) < 4.78 is 5.05. The maximum absolute atomic E-state index is 10.7. The van der Waals surface area contributed by atoms with Gasteiger partial charge >= 0.3 is 0 Å². The maximum atomic E-state index is 10.7. The zero-order valence-electron chi connectivity index (χ0n) is 14.1. The highest BCUT2D eigenvalue weighted by atomic mass is 32.1. The van der Waals surface area contributed by atoms with E-state index in [1.54, 1.807) is 30.6 Å². The van der Waals surface area contributed by atoms with E-state index in [1.165, 1.54) is 17.0 Å². The first-order chi connectivity index (χ1) is 12.2. The van der Waals surface area contributed by atoms with E-state index in [2.05, 4.69) is 21.7 Å². The number of aliphatic imine (C=N–C) groups is 1. The predicted octanol–water partition coefficient (Wildman–Crippen LogP) is 2.93. The van der Waals surface area contributed by atoms with Gasteiger partial charge in [-0.2, -0.15) is 0 Å². The number of nitrogens with zero attached hydrogens (tertiary/aromatic N) is 2. The number of nitro benzene ring substituents is 1. The molecule has 0 atom stereocenters. The van der Waals surface area contributed by atoms with Crippen LogP contribution in [-0.4, -0.2) is 31.1 Å². The second-order valence-corrected chi connectivity index (χ2v) is 6.33. The van der Waals surface area contributed by atoms with Crippen molar-refractivity contribution in [3.05, 3.63) is 62.3 Å². The third-order valence-electron chi connectivity index (χ3n) is 3.39. The van der Waals surface area contributed by atoms with Crippen molar-refractivity contribution in [2.45, 2.75) is 19.5 Å². The molecule has 1 aromatic carbocycles. The average Bonchev–Trinajstić information content (AvgIpc) is 3.14. The molecule has 1 aromatic heterocycles. The minimum absolute atomic E-state index is 0.0847. The molecule has 2 rings (SSSR count). The quantitative estimate of drug-likeness (QED) is 0.235. The SMILES string of the molecule is COCCCNC(=NCc1ccc([N+](=O)[O-])cc1)NCc1cccs1. The number of ether oxygens (including phenoxy) is 1. The van der Waals surface area contributed by atoms with Crippen LogP contribution in [0.15, 0.2) is 46.8 Å². The monoisotopic (exact) mass is 362 g/mol. The van der Waals surface area contributed by atoms with E-state index >= 15 is 0 Å². The van der Waals surface area contributed by atoms with E-state index in [-0.39, 0.29) is 5.69 Å². The summed E-state index contributed by atoms with van der Waals surface area (Å²) in [6, 6.07) is 10.5. The molecule has 0 fully saturated rings. The molecule has 0 saturated heterocycles. The topological polar surface area (TPSA) is 88.8 Å². The molecular formula is C17H22N4O3S. The van der Waals surface area contributed by atoms with E-state index in [0.717, 1.165) is 18.5 Å². The van der Waals surface area contributed by atoms with Gasteiger partial charge in [0.25, 0.3) is 5.69 Å². The summed E-state index contributed by atoms with van der Waals surface area (Å²) in [6.07, 6.45) is 0.883. The molecule has 0 aliphatic heterocycles. The summed E-state index contributed by atoms with van der Waals surface area (Å²) in [7, 11) is 1.68. The minimum Gasteiger partial charge on any atom is -0.385 e. The van der Waals surface area contributed by atoms with E-state index in [0.29, 0.717) is 25.7 Å². The summed E-state index contributed by atoms with van der Waals surface area (Å²) in [5.41, 5.74) is 1.00.